The number of aromatic nitrogens is 2. The van der Waals surface area contributed by atoms with Crippen LogP contribution in [0.1, 0.15) is 11.3 Å². The van der Waals surface area contributed by atoms with Crippen molar-refractivity contribution in [1.29, 1.82) is 5.26 Å². The highest BCUT2D eigenvalue weighted by Gasteiger charge is 2.70. The van der Waals surface area contributed by atoms with E-state index in [2.05, 4.69) is 27.6 Å². The maximum atomic E-state index is 12.6. The summed E-state index contributed by atoms with van der Waals surface area (Å²) < 4.78 is 15.9. The van der Waals surface area contributed by atoms with Crippen LogP contribution in [0.2, 0.25) is 0 Å². The van der Waals surface area contributed by atoms with E-state index >= 15 is 0 Å². The maximum Gasteiger partial charge on any atom is 0.415 e. The molecular formula is C25H21N5O4. The van der Waals surface area contributed by atoms with Gasteiger partial charge >= 0.3 is 6.09 Å². The Labute approximate surface area is 195 Å². The molecule has 3 fully saturated rings. The Balaban J connectivity index is 1.11. The Morgan fingerprint density at radius 3 is 2.76 bits per heavy atom. The van der Waals surface area contributed by atoms with Crippen molar-refractivity contribution in [3.63, 3.8) is 0 Å². The number of anilines is 2. The van der Waals surface area contributed by atoms with E-state index in [0.717, 1.165) is 28.1 Å². The summed E-state index contributed by atoms with van der Waals surface area (Å²) in [7, 11) is 0. The minimum Gasteiger partial charge on any atom is -0.442 e. The van der Waals surface area contributed by atoms with Crippen LogP contribution in [0.25, 0.3) is 11.1 Å². The van der Waals surface area contributed by atoms with Crippen LogP contribution in [0.15, 0.2) is 53.4 Å². The van der Waals surface area contributed by atoms with Crippen molar-refractivity contribution in [2.24, 2.45) is 11.8 Å². The molecule has 0 bridgehead atoms. The van der Waals surface area contributed by atoms with E-state index in [1.807, 2.05) is 30.5 Å². The van der Waals surface area contributed by atoms with Crippen molar-refractivity contribution in [3.8, 4) is 17.2 Å². The van der Waals surface area contributed by atoms with Gasteiger partial charge in [0.2, 0.25) is 0 Å². The predicted molar refractivity (Wildman–Crippen MR) is 120 cm³/mol. The van der Waals surface area contributed by atoms with Crippen LogP contribution in [0.3, 0.4) is 0 Å². The van der Waals surface area contributed by atoms with Gasteiger partial charge in [0.05, 0.1) is 43.3 Å². The van der Waals surface area contributed by atoms with Gasteiger partial charge in [-0.3, -0.25) is 9.88 Å². The van der Waals surface area contributed by atoms with Crippen LogP contribution in [-0.4, -0.2) is 48.1 Å². The molecule has 5 heterocycles. The number of carbonyl (C=O) groups is 1. The molecule has 0 radical (unpaired) electrons. The zero-order chi connectivity index (χ0) is 22.9. The van der Waals surface area contributed by atoms with E-state index in [0.29, 0.717) is 32.0 Å². The Morgan fingerprint density at radius 2 is 2.03 bits per heavy atom. The number of benzene rings is 1. The molecule has 1 unspecified atom stereocenters. The molecule has 7 rings (SSSR count). The zero-order valence-corrected chi connectivity index (χ0v) is 18.2. The predicted octanol–water partition coefficient (Wildman–Crippen LogP) is 3.14. The molecule has 34 heavy (non-hydrogen) atoms. The molecule has 1 amide bonds. The van der Waals surface area contributed by atoms with Crippen LogP contribution < -0.4 is 10.2 Å². The Hall–Kier alpha value is -3.90. The van der Waals surface area contributed by atoms with Gasteiger partial charge in [0.1, 0.15) is 17.8 Å². The SMILES string of the molecule is N#CC1(c2ccc(-c3ccc4c(c3)C[C@H]3[C@H](CNc5ccon5)OC(=O)N43)cn2)[C@@H]2COC[C@@H]21. The molecule has 9 heteroatoms. The van der Waals surface area contributed by atoms with Crippen LogP contribution in [0.4, 0.5) is 16.3 Å². The van der Waals surface area contributed by atoms with Crippen molar-refractivity contribution in [3.05, 3.63) is 60.1 Å². The quantitative estimate of drug-likeness (QED) is 0.624. The fourth-order valence-corrected chi connectivity index (χ4v) is 5.91. The number of hydrogen-bond acceptors (Lipinski definition) is 8. The first kappa shape index (κ1) is 19.6. The minimum absolute atomic E-state index is 0.0652. The lowest BCUT2D eigenvalue weighted by atomic mass is 9.96. The lowest BCUT2D eigenvalue weighted by molar-refractivity contribution is 0.137. The normalized spacial score (nSPS) is 30.3. The van der Waals surface area contributed by atoms with Gasteiger partial charge < -0.3 is 19.3 Å². The Morgan fingerprint density at radius 1 is 1.18 bits per heavy atom. The zero-order valence-electron chi connectivity index (χ0n) is 18.2. The monoisotopic (exact) mass is 455 g/mol. The van der Waals surface area contributed by atoms with E-state index in [1.54, 1.807) is 11.0 Å². The van der Waals surface area contributed by atoms with Gasteiger partial charge in [0.15, 0.2) is 5.82 Å². The first-order chi connectivity index (χ1) is 16.7. The third-order valence-electron chi connectivity index (χ3n) is 7.75. The summed E-state index contributed by atoms with van der Waals surface area (Å²) >= 11 is 0. The van der Waals surface area contributed by atoms with Crippen LogP contribution in [0.5, 0.6) is 0 Å². The molecule has 3 aliphatic heterocycles. The molecule has 1 aromatic carbocycles. The van der Waals surface area contributed by atoms with Gasteiger partial charge in [-0.15, -0.1) is 0 Å². The van der Waals surface area contributed by atoms with E-state index in [1.165, 1.54) is 6.26 Å². The summed E-state index contributed by atoms with van der Waals surface area (Å²) in [6.07, 6.45) is 3.45. The fraction of sp³-hybridized carbons (Fsp3) is 0.360. The highest BCUT2D eigenvalue weighted by Crippen LogP contribution is 2.62. The first-order valence-corrected chi connectivity index (χ1v) is 11.4. The van der Waals surface area contributed by atoms with Gasteiger partial charge in [-0.1, -0.05) is 17.3 Å². The van der Waals surface area contributed by atoms with Gasteiger partial charge in [-0.2, -0.15) is 5.26 Å². The highest BCUT2D eigenvalue weighted by atomic mass is 16.6. The number of rotatable bonds is 5. The van der Waals surface area contributed by atoms with Crippen LogP contribution in [0, 0.1) is 23.2 Å². The molecule has 2 aromatic heterocycles. The summed E-state index contributed by atoms with van der Waals surface area (Å²) in [5.74, 6) is 1.13. The number of amides is 1. The number of carbonyl (C=O) groups excluding carboxylic acids is 1. The molecular weight excluding hydrogens is 434 g/mol. The number of nitrogens with zero attached hydrogens (tertiary/aromatic N) is 4. The van der Waals surface area contributed by atoms with Gasteiger partial charge in [-0.05, 0) is 35.7 Å². The van der Waals surface area contributed by atoms with Crippen LogP contribution in [-0.2, 0) is 21.3 Å². The van der Waals surface area contributed by atoms with E-state index in [-0.39, 0.29) is 30.1 Å². The smallest absolute Gasteiger partial charge is 0.415 e. The number of ether oxygens (including phenoxy) is 2. The van der Waals surface area contributed by atoms with Gasteiger partial charge in [0, 0.05) is 29.7 Å². The maximum absolute atomic E-state index is 12.6. The van der Waals surface area contributed by atoms with Crippen molar-refractivity contribution in [1.82, 2.24) is 10.1 Å². The van der Waals surface area contributed by atoms with Crippen molar-refractivity contribution < 1.29 is 18.8 Å². The number of nitrogens with one attached hydrogen (secondary N) is 1. The molecule has 2 saturated heterocycles. The third-order valence-corrected chi connectivity index (χ3v) is 7.75. The van der Waals surface area contributed by atoms with Crippen molar-refractivity contribution >= 4 is 17.6 Å². The fourth-order valence-electron chi connectivity index (χ4n) is 5.91. The summed E-state index contributed by atoms with van der Waals surface area (Å²) in [5.41, 5.74) is 4.37. The number of fused-ring (bicyclic) bond motifs is 4. The van der Waals surface area contributed by atoms with E-state index in [9.17, 15) is 10.1 Å². The van der Waals surface area contributed by atoms with Gasteiger partial charge in [-0.25, -0.2) is 4.79 Å². The molecule has 170 valence electrons. The topological polar surface area (TPSA) is 114 Å². The second-order valence-electron chi connectivity index (χ2n) is 9.34. The highest BCUT2D eigenvalue weighted by molar-refractivity contribution is 5.94. The number of nitriles is 1. The lowest BCUT2D eigenvalue weighted by Crippen LogP contribution is -2.36. The van der Waals surface area contributed by atoms with E-state index < -0.39 is 5.41 Å². The summed E-state index contributed by atoms with van der Waals surface area (Å²) in [5, 5.41) is 16.8. The molecule has 1 saturated carbocycles. The Bertz CT molecular complexity index is 1310. The number of pyridine rings is 1. The van der Waals surface area contributed by atoms with Gasteiger partial charge in [0.25, 0.3) is 0 Å². The largest absolute Gasteiger partial charge is 0.442 e. The summed E-state index contributed by atoms with van der Waals surface area (Å²) in [4.78, 5) is 19.0. The molecule has 1 N–H and O–H groups in total. The molecule has 9 nitrogen and oxygen atoms in total. The number of cyclic esters (lactones) is 1. The average Bonchev–Trinajstić information content (AvgIpc) is 3.48. The second-order valence-corrected chi connectivity index (χ2v) is 9.34. The summed E-state index contributed by atoms with van der Waals surface area (Å²) in [6.45, 7) is 1.74. The molecule has 1 aliphatic carbocycles. The third kappa shape index (κ3) is 2.66. The van der Waals surface area contributed by atoms with Crippen LogP contribution >= 0.6 is 0 Å². The molecule has 5 atom stereocenters. The molecule has 0 spiro atoms. The van der Waals surface area contributed by atoms with Crippen molar-refractivity contribution in [2.45, 2.75) is 24.0 Å². The molecule has 4 aliphatic rings. The average molecular weight is 455 g/mol. The Kier molecular flexibility index (Phi) is 4.05. The number of hydrogen-bond donors (Lipinski definition) is 1. The standard InChI is InChI=1S/C25H21N5O4/c26-13-25(17-11-32-12-18(17)25)22-4-2-15(9-27-22)14-1-3-19-16(7-14)8-20-21(34-24(31)30(19)20)10-28-23-5-6-33-29-23/h1-7,9,17-18,20-21H,8,10-12H2,(H,28,29)/t17-,18+,20-,21-,25?/m0/s1. The summed E-state index contributed by atoms with van der Waals surface area (Å²) in [6, 6.07) is 14.3. The minimum atomic E-state index is -0.491. The van der Waals surface area contributed by atoms with Crippen molar-refractivity contribution in [2.75, 3.05) is 30.0 Å². The first-order valence-electron chi connectivity index (χ1n) is 11.4. The lowest BCUT2D eigenvalue weighted by Gasteiger charge is -2.16. The molecule has 3 aromatic rings. The second kappa shape index (κ2) is 7.05. The van der Waals surface area contributed by atoms with E-state index in [4.69, 9.17) is 14.0 Å².